The number of aromatic nitrogens is 4. The summed E-state index contributed by atoms with van der Waals surface area (Å²) in [7, 11) is 0. The van der Waals surface area contributed by atoms with Crippen LogP contribution in [0.1, 0.15) is 74.1 Å². The van der Waals surface area contributed by atoms with Gasteiger partial charge in [0.15, 0.2) is 11.4 Å². The molecular weight excluding hydrogens is 518 g/mol. The van der Waals surface area contributed by atoms with E-state index in [0.717, 1.165) is 66.8 Å². The monoisotopic (exact) mass is 559 g/mol. The second-order valence-corrected chi connectivity index (χ2v) is 11.4. The van der Waals surface area contributed by atoms with Gasteiger partial charge >= 0.3 is 0 Å². The van der Waals surface area contributed by atoms with Crippen LogP contribution in [0.3, 0.4) is 0 Å². The Bertz CT molecular complexity index is 1410. The van der Waals surface area contributed by atoms with Crippen molar-refractivity contribution in [1.82, 2.24) is 24.5 Å². The summed E-state index contributed by atoms with van der Waals surface area (Å²) in [5, 5.41) is 11.6. The quantitative estimate of drug-likeness (QED) is 0.351. The molecule has 0 saturated carbocycles. The van der Waals surface area contributed by atoms with Crippen LogP contribution >= 0.6 is 0 Å². The zero-order chi connectivity index (χ0) is 28.9. The number of hydrogen-bond donors (Lipinski definition) is 2. The van der Waals surface area contributed by atoms with Gasteiger partial charge in [0, 0.05) is 44.3 Å². The highest BCUT2D eigenvalue weighted by atomic mass is 16.5. The molecule has 3 aromatic rings. The number of nitrogens with zero attached hydrogens (tertiary/aromatic N) is 5. The third kappa shape index (κ3) is 6.59. The SMILES string of the molecule is C=CC(=O)N1CCCCC1C(=O)Cc1ccc(C)c(CNc2nc(NC3CCOCC3)nc3c(C(C)C)cnn23)c1. The van der Waals surface area contributed by atoms with Gasteiger partial charge in [0.25, 0.3) is 0 Å². The van der Waals surface area contributed by atoms with E-state index in [1.54, 1.807) is 9.42 Å². The van der Waals surface area contributed by atoms with Gasteiger partial charge in [-0.3, -0.25) is 9.59 Å². The number of anilines is 2. The van der Waals surface area contributed by atoms with E-state index in [2.05, 4.69) is 49.1 Å². The Morgan fingerprint density at radius 2 is 1.98 bits per heavy atom. The Morgan fingerprint density at radius 1 is 1.17 bits per heavy atom. The molecule has 218 valence electrons. The summed E-state index contributed by atoms with van der Waals surface area (Å²) in [5.41, 5.74) is 4.97. The molecule has 2 fully saturated rings. The van der Waals surface area contributed by atoms with Gasteiger partial charge in [-0.2, -0.15) is 19.6 Å². The summed E-state index contributed by atoms with van der Waals surface area (Å²) in [4.78, 5) is 36.9. The van der Waals surface area contributed by atoms with Gasteiger partial charge in [0.1, 0.15) is 0 Å². The number of ether oxygens (including phenoxy) is 1. The Balaban J connectivity index is 1.34. The number of likely N-dealkylation sites (tertiary alicyclic amines) is 1. The molecule has 2 aliphatic heterocycles. The molecule has 1 unspecified atom stereocenters. The number of rotatable bonds is 10. The molecule has 5 rings (SSSR count). The number of aryl methyl sites for hydroxylation is 1. The summed E-state index contributed by atoms with van der Waals surface area (Å²) in [6, 6.07) is 6.00. The van der Waals surface area contributed by atoms with Crippen LogP contribution in [0, 0.1) is 6.92 Å². The minimum absolute atomic E-state index is 0.0711. The molecule has 2 N–H and O–H groups in total. The van der Waals surface area contributed by atoms with E-state index in [1.165, 1.54) is 6.08 Å². The Kier molecular flexibility index (Phi) is 8.97. The maximum Gasteiger partial charge on any atom is 0.246 e. The van der Waals surface area contributed by atoms with Crippen molar-refractivity contribution in [3.05, 3.63) is 59.3 Å². The van der Waals surface area contributed by atoms with Crippen molar-refractivity contribution in [2.75, 3.05) is 30.4 Å². The van der Waals surface area contributed by atoms with Crippen LogP contribution in [-0.2, 0) is 27.3 Å². The predicted octanol–water partition coefficient (Wildman–Crippen LogP) is 4.44. The van der Waals surface area contributed by atoms with Gasteiger partial charge in [0.05, 0.1) is 12.2 Å². The summed E-state index contributed by atoms with van der Waals surface area (Å²) in [6.07, 6.45) is 7.85. The lowest BCUT2D eigenvalue weighted by molar-refractivity contribution is -0.137. The zero-order valence-electron chi connectivity index (χ0n) is 24.4. The number of carbonyl (C=O) groups is 2. The average Bonchev–Trinajstić information content (AvgIpc) is 3.42. The summed E-state index contributed by atoms with van der Waals surface area (Å²) in [5.74, 6) is 1.36. The van der Waals surface area contributed by atoms with Crippen LogP contribution in [0.25, 0.3) is 5.65 Å². The minimum Gasteiger partial charge on any atom is -0.381 e. The van der Waals surface area contributed by atoms with E-state index >= 15 is 0 Å². The first-order valence-electron chi connectivity index (χ1n) is 14.7. The zero-order valence-corrected chi connectivity index (χ0v) is 24.4. The van der Waals surface area contributed by atoms with Crippen LogP contribution in [0.4, 0.5) is 11.9 Å². The molecule has 10 nitrogen and oxygen atoms in total. The van der Waals surface area contributed by atoms with Crippen LogP contribution in [0.5, 0.6) is 0 Å². The lowest BCUT2D eigenvalue weighted by atomic mass is 9.93. The molecule has 0 bridgehead atoms. The van der Waals surface area contributed by atoms with Crippen molar-refractivity contribution in [2.45, 2.75) is 83.8 Å². The summed E-state index contributed by atoms with van der Waals surface area (Å²) >= 11 is 0. The maximum absolute atomic E-state index is 13.3. The fourth-order valence-corrected chi connectivity index (χ4v) is 5.67. The molecule has 2 aromatic heterocycles. The van der Waals surface area contributed by atoms with Crippen LogP contribution < -0.4 is 10.6 Å². The van der Waals surface area contributed by atoms with Gasteiger partial charge in [-0.05, 0) is 67.7 Å². The molecule has 41 heavy (non-hydrogen) atoms. The molecule has 2 aliphatic rings. The molecule has 10 heteroatoms. The van der Waals surface area contributed by atoms with Crippen molar-refractivity contribution < 1.29 is 14.3 Å². The van der Waals surface area contributed by atoms with E-state index in [0.29, 0.717) is 31.4 Å². The smallest absolute Gasteiger partial charge is 0.246 e. The highest BCUT2D eigenvalue weighted by Gasteiger charge is 2.30. The molecule has 0 spiro atoms. The van der Waals surface area contributed by atoms with Crippen molar-refractivity contribution >= 4 is 29.2 Å². The van der Waals surface area contributed by atoms with Crippen LogP contribution in [0.2, 0.25) is 0 Å². The van der Waals surface area contributed by atoms with Crippen LogP contribution in [-0.4, -0.2) is 68.0 Å². The van der Waals surface area contributed by atoms with Crippen LogP contribution in [0.15, 0.2) is 37.1 Å². The van der Waals surface area contributed by atoms with Gasteiger partial charge in [-0.25, -0.2) is 0 Å². The van der Waals surface area contributed by atoms with E-state index in [-0.39, 0.29) is 36.1 Å². The number of hydrogen-bond acceptors (Lipinski definition) is 8. The number of ketones is 1. The van der Waals surface area contributed by atoms with Crippen molar-refractivity contribution in [3.63, 3.8) is 0 Å². The number of carbonyl (C=O) groups excluding carboxylic acids is 2. The molecule has 1 aromatic carbocycles. The Morgan fingerprint density at radius 3 is 2.73 bits per heavy atom. The molecule has 2 saturated heterocycles. The normalized spacial score (nSPS) is 18.0. The number of piperidine rings is 1. The lowest BCUT2D eigenvalue weighted by Crippen LogP contribution is -2.47. The van der Waals surface area contributed by atoms with E-state index in [4.69, 9.17) is 14.7 Å². The first kappa shape index (κ1) is 28.7. The van der Waals surface area contributed by atoms with E-state index in [1.807, 2.05) is 18.3 Å². The highest BCUT2D eigenvalue weighted by molar-refractivity contribution is 5.94. The lowest BCUT2D eigenvalue weighted by Gasteiger charge is -2.34. The molecule has 0 aliphatic carbocycles. The maximum atomic E-state index is 13.3. The third-order valence-electron chi connectivity index (χ3n) is 8.13. The number of nitrogens with one attached hydrogen (secondary N) is 2. The Hall–Kier alpha value is -3.79. The largest absolute Gasteiger partial charge is 0.381 e. The molecule has 1 atom stereocenters. The van der Waals surface area contributed by atoms with Gasteiger partial charge < -0.3 is 20.3 Å². The van der Waals surface area contributed by atoms with E-state index in [9.17, 15) is 9.59 Å². The van der Waals surface area contributed by atoms with Gasteiger partial charge in [0.2, 0.25) is 17.8 Å². The average molecular weight is 560 g/mol. The minimum atomic E-state index is -0.386. The predicted molar refractivity (Wildman–Crippen MR) is 159 cm³/mol. The summed E-state index contributed by atoms with van der Waals surface area (Å²) in [6.45, 7) is 12.5. The fourth-order valence-electron chi connectivity index (χ4n) is 5.67. The molecular formula is C31H41N7O3. The topological polar surface area (TPSA) is 114 Å². The number of fused-ring (bicyclic) bond motifs is 1. The molecule has 1 amide bonds. The molecule has 4 heterocycles. The highest BCUT2D eigenvalue weighted by Crippen LogP contribution is 2.25. The van der Waals surface area contributed by atoms with E-state index < -0.39 is 0 Å². The first-order chi connectivity index (χ1) is 19.8. The summed E-state index contributed by atoms with van der Waals surface area (Å²) < 4.78 is 7.27. The third-order valence-corrected chi connectivity index (χ3v) is 8.13. The van der Waals surface area contributed by atoms with Gasteiger partial charge in [-0.1, -0.05) is 38.6 Å². The van der Waals surface area contributed by atoms with Gasteiger partial charge in [-0.15, -0.1) is 0 Å². The van der Waals surface area contributed by atoms with Crippen molar-refractivity contribution in [3.8, 4) is 0 Å². The number of amides is 1. The second-order valence-electron chi connectivity index (χ2n) is 11.4. The number of benzene rings is 1. The molecule has 0 radical (unpaired) electrons. The van der Waals surface area contributed by atoms with Crippen molar-refractivity contribution in [1.29, 1.82) is 0 Å². The second kappa shape index (κ2) is 12.8. The Labute approximate surface area is 241 Å². The van der Waals surface area contributed by atoms with Crippen molar-refractivity contribution in [2.24, 2.45) is 0 Å². The fraction of sp³-hybridized carbons (Fsp3) is 0.516. The number of Topliss-reactive ketones (excluding diaryl/α,β-unsaturated/α-hetero) is 1. The standard InChI is InChI=1S/C31H41N7O3/c1-5-28(40)37-13-7-6-8-26(37)27(39)17-22-10-9-21(4)23(16-22)18-32-31-36-30(34-24-11-14-41-15-12-24)35-29-25(20(2)3)19-33-38(29)31/h5,9-10,16,19-20,24,26H,1,6-8,11-15,17-18H2,2-4H3,(H2,32,34,35,36). The first-order valence-corrected chi connectivity index (χ1v) is 14.7.